The molecular formula is C24H25NO2Si. The van der Waals surface area contributed by atoms with Gasteiger partial charge in [0.2, 0.25) is 0 Å². The fourth-order valence-corrected chi connectivity index (χ4v) is 6.84. The van der Waals surface area contributed by atoms with E-state index in [9.17, 15) is 4.79 Å². The number of rotatable bonds is 10. The molecule has 0 aromatic heterocycles. The van der Waals surface area contributed by atoms with Gasteiger partial charge in [-0.05, 0) is 34.8 Å². The summed E-state index contributed by atoms with van der Waals surface area (Å²) in [7, 11) is -2.75. The highest BCUT2D eigenvalue weighted by molar-refractivity contribution is 7.07. The van der Waals surface area contributed by atoms with Gasteiger partial charge in [0.05, 0.1) is 0 Å². The molecule has 3 nitrogen and oxygen atoms in total. The second-order valence-electron chi connectivity index (χ2n) is 6.61. The van der Waals surface area contributed by atoms with Gasteiger partial charge in [0.15, 0.2) is 0 Å². The lowest BCUT2D eigenvalue weighted by atomic mass is 10.2. The van der Waals surface area contributed by atoms with Crippen molar-refractivity contribution in [3.8, 4) is 0 Å². The summed E-state index contributed by atoms with van der Waals surface area (Å²) in [5.41, 5.74) is 0. The summed E-state index contributed by atoms with van der Waals surface area (Å²) in [5, 5.41) is 7.89. The van der Waals surface area contributed by atoms with Crippen molar-refractivity contribution >= 4 is 36.4 Å². The van der Waals surface area contributed by atoms with Gasteiger partial charge < -0.3 is 9.32 Å². The SMILES string of the molecule is O=CCCCCC=NO[Si](c1ccccc1)(c1ccccc1)c1ccccc1. The minimum atomic E-state index is -2.75. The van der Waals surface area contributed by atoms with Crippen LogP contribution in [0.1, 0.15) is 25.7 Å². The van der Waals surface area contributed by atoms with E-state index < -0.39 is 8.32 Å². The summed E-state index contributed by atoms with van der Waals surface area (Å²) in [5.74, 6) is 0. The molecule has 0 atom stereocenters. The summed E-state index contributed by atoms with van der Waals surface area (Å²) in [4.78, 5) is 10.4. The van der Waals surface area contributed by atoms with Crippen LogP contribution in [-0.4, -0.2) is 20.8 Å². The Bertz CT molecular complexity index is 770. The second-order valence-corrected chi connectivity index (χ2v) is 9.89. The van der Waals surface area contributed by atoms with Crippen LogP contribution in [0.25, 0.3) is 0 Å². The number of hydrogen-bond donors (Lipinski definition) is 0. The predicted molar refractivity (Wildman–Crippen MR) is 118 cm³/mol. The third kappa shape index (κ3) is 4.64. The van der Waals surface area contributed by atoms with Crippen LogP contribution < -0.4 is 15.6 Å². The molecule has 0 aliphatic rings. The molecule has 0 amide bonds. The Hall–Kier alpha value is -2.98. The van der Waals surface area contributed by atoms with Crippen LogP contribution in [0.15, 0.2) is 96.2 Å². The molecule has 0 radical (unpaired) electrons. The van der Waals surface area contributed by atoms with Gasteiger partial charge in [-0.25, -0.2) is 0 Å². The Labute approximate surface area is 167 Å². The monoisotopic (exact) mass is 387 g/mol. The highest BCUT2D eigenvalue weighted by atomic mass is 28.4. The molecule has 142 valence electrons. The summed E-state index contributed by atoms with van der Waals surface area (Å²) in [6.07, 6.45) is 6.02. The molecule has 3 rings (SSSR count). The van der Waals surface area contributed by atoms with Crippen LogP contribution in [0.2, 0.25) is 0 Å². The predicted octanol–water partition coefficient (Wildman–Crippen LogP) is 3.42. The van der Waals surface area contributed by atoms with Crippen molar-refractivity contribution in [1.29, 1.82) is 0 Å². The first kappa shape index (κ1) is 19.8. The third-order valence-corrected chi connectivity index (χ3v) is 8.53. The number of carbonyl (C=O) groups excluding carboxylic acids is 1. The van der Waals surface area contributed by atoms with E-state index in [-0.39, 0.29) is 0 Å². The molecule has 4 heteroatoms. The van der Waals surface area contributed by atoms with Crippen molar-refractivity contribution < 1.29 is 9.32 Å². The number of benzene rings is 3. The smallest absolute Gasteiger partial charge is 0.380 e. The van der Waals surface area contributed by atoms with E-state index in [2.05, 4.69) is 78.0 Å². The fourth-order valence-electron chi connectivity index (χ4n) is 3.31. The van der Waals surface area contributed by atoms with Crippen LogP contribution in [-0.2, 0) is 9.32 Å². The van der Waals surface area contributed by atoms with Crippen LogP contribution >= 0.6 is 0 Å². The van der Waals surface area contributed by atoms with Crippen molar-refractivity contribution in [2.75, 3.05) is 0 Å². The van der Waals surface area contributed by atoms with Gasteiger partial charge in [0, 0.05) is 12.6 Å². The number of unbranched alkanes of at least 4 members (excludes halogenated alkanes) is 3. The standard InChI is InChI=1S/C24H25NO2Si/c26-21-13-2-1-12-20-25-27-28(22-14-6-3-7-15-22,23-16-8-4-9-17-23)24-18-10-5-11-19-24/h3-11,14-21H,1-2,12-13H2. The zero-order valence-electron chi connectivity index (χ0n) is 15.9. The highest BCUT2D eigenvalue weighted by Gasteiger charge is 2.44. The average Bonchev–Trinajstić information content (AvgIpc) is 2.78. The maximum absolute atomic E-state index is 10.4. The molecule has 0 aliphatic heterocycles. The van der Waals surface area contributed by atoms with Crippen LogP contribution in [0.5, 0.6) is 0 Å². The summed E-state index contributed by atoms with van der Waals surface area (Å²) in [6.45, 7) is 0. The van der Waals surface area contributed by atoms with E-state index in [1.54, 1.807) is 0 Å². The average molecular weight is 388 g/mol. The van der Waals surface area contributed by atoms with Crippen LogP contribution in [0, 0.1) is 0 Å². The molecule has 0 saturated carbocycles. The summed E-state index contributed by atoms with van der Waals surface area (Å²) in [6, 6.07) is 31.2. The lowest BCUT2D eigenvalue weighted by molar-refractivity contribution is -0.107. The van der Waals surface area contributed by atoms with Crippen molar-refractivity contribution in [3.05, 3.63) is 91.0 Å². The summed E-state index contributed by atoms with van der Waals surface area (Å²) >= 11 is 0. The number of hydrogen-bond acceptors (Lipinski definition) is 3. The Morgan fingerprint density at radius 3 is 1.54 bits per heavy atom. The van der Waals surface area contributed by atoms with Gasteiger partial charge in [-0.3, -0.25) is 0 Å². The number of carbonyl (C=O) groups is 1. The first-order valence-electron chi connectivity index (χ1n) is 9.68. The molecule has 0 bridgehead atoms. The minimum absolute atomic E-state index is 0.603. The van der Waals surface area contributed by atoms with E-state index in [0.717, 1.165) is 41.1 Å². The maximum Gasteiger partial charge on any atom is 0.380 e. The van der Waals surface area contributed by atoms with E-state index >= 15 is 0 Å². The van der Waals surface area contributed by atoms with Crippen molar-refractivity contribution in [3.63, 3.8) is 0 Å². The molecule has 0 spiro atoms. The minimum Gasteiger partial charge on any atom is -0.438 e. The van der Waals surface area contributed by atoms with Gasteiger partial charge in [0.25, 0.3) is 0 Å². The van der Waals surface area contributed by atoms with Crippen LogP contribution in [0.4, 0.5) is 0 Å². The molecular weight excluding hydrogens is 362 g/mol. The van der Waals surface area contributed by atoms with Crippen molar-refractivity contribution in [2.45, 2.75) is 25.7 Å². The molecule has 0 N–H and O–H groups in total. The highest BCUT2D eigenvalue weighted by Crippen LogP contribution is 2.10. The van der Waals surface area contributed by atoms with Crippen molar-refractivity contribution in [2.24, 2.45) is 5.16 Å². The Morgan fingerprint density at radius 1 is 0.679 bits per heavy atom. The zero-order chi connectivity index (χ0) is 19.5. The Balaban J connectivity index is 1.99. The molecule has 3 aromatic carbocycles. The number of oxime groups is 1. The molecule has 3 aromatic rings. The van der Waals surface area contributed by atoms with Gasteiger partial charge in [-0.15, -0.1) is 5.16 Å². The number of nitrogens with zero attached hydrogens (tertiary/aromatic N) is 1. The van der Waals surface area contributed by atoms with Crippen LogP contribution in [0.3, 0.4) is 0 Å². The second kappa shape index (κ2) is 10.4. The molecule has 0 aliphatic carbocycles. The lowest BCUT2D eigenvalue weighted by Crippen LogP contribution is -2.68. The Morgan fingerprint density at radius 2 is 1.11 bits per heavy atom. The third-order valence-electron chi connectivity index (χ3n) is 4.71. The first-order chi connectivity index (χ1) is 13.9. The van der Waals surface area contributed by atoms with Gasteiger partial charge >= 0.3 is 8.32 Å². The number of aldehydes is 1. The maximum atomic E-state index is 10.4. The molecule has 0 unspecified atom stereocenters. The lowest BCUT2D eigenvalue weighted by Gasteiger charge is -2.30. The molecule has 0 fully saturated rings. The van der Waals surface area contributed by atoms with Crippen molar-refractivity contribution in [1.82, 2.24) is 0 Å². The largest absolute Gasteiger partial charge is 0.438 e. The Kier molecular flexibility index (Phi) is 7.33. The fraction of sp³-hybridized carbons (Fsp3) is 0.167. The first-order valence-corrected chi connectivity index (χ1v) is 11.6. The van der Waals surface area contributed by atoms with Gasteiger partial charge in [-0.2, -0.15) is 0 Å². The van der Waals surface area contributed by atoms with E-state index in [1.807, 2.05) is 24.4 Å². The van der Waals surface area contributed by atoms with Gasteiger partial charge in [-0.1, -0.05) is 91.0 Å². The van der Waals surface area contributed by atoms with Gasteiger partial charge in [0.1, 0.15) is 6.29 Å². The quantitative estimate of drug-likeness (QED) is 0.134. The zero-order valence-corrected chi connectivity index (χ0v) is 16.9. The normalized spacial score (nSPS) is 11.4. The topological polar surface area (TPSA) is 38.7 Å². The molecule has 0 heterocycles. The van der Waals surface area contributed by atoms with E-state index in [4.69, 9.17) is 4.53 Å². The van der Waals surface area contributed by atoms with E-state index in [0.29, 0.717) is 6.42 Å². The van der Waals surface area contributed by atoms with E-state index in [1.165, 1.54) is 0 Å². The summed E-state index contributed by atoms with van der Waals surface area (Å²) < 4.78 is 6.43. The molecule has 0 saturated heterocycles. The molecule has 28 heavy (non-hydrogen) atoms.